The van der Waals surface area contributed by atoms with Gasteiger partial charge in [0.1, 0.15) is 0 Å². The van der Waals surface area contributed by atoms with Crippen molar-refractivity contribution in [3.63, 3.8) is 0 Å². The molecule has 0 radical (unpaired) electrons. The van der Waals surface area contributed by atoms with Crippen LogP contribution in [0.2, 0.25) is 0 Å². The quantitative estimate of drug-likeness (QED) is 0.938. The number of aryl methyl sites for hydroxylation is 1. The van der Waals surface area contributed by atoms with Crippen LogP contribution in [0.5, 0.6) is 0 Å². The third-order valence-electron chi connectivity index (χ3n) is 3.33. The van der Waals surface area contributed by atoms with Gasteiger partial charge in [0.25, 0.3) is 5.91 Å². The van der Waals surface area contributed by atoms with E-state index in [1.165, 1.54) is 0 Å². The molecule has 4 nitrogen and oxygen atoms in total. The summed E-state index contributed by atoms with van der Waals surface area (Å²) in [6.07, 6.45) is 1.67. The first-order valence-corrected chi connectivity index (χ1v) is 7.08. The van der Waals surface area contributed by atoms with E-state index in [2.05, 4.69) is 4.98 Å². The van der Waals surface area contributed by atoms with Gasteiger partial charge in [-0.3, -0.25) is 9.78 Å². The second-order valence-electron chi connectivity index (χ2n) is 5.33. The summed E-state index contributed by atoms with van der Waals surface area (Å²) in [5.41, 5.74) is 9.03. The summed E-state index contributed by atoms with van der Waals surface area (Å²) >= 11 is 0. The Morgan fingerprint density at radius 1 is 1.24 bits per heavy atom. The number of amides is 1. The molecular formula is C17H21N3O. The summed E-state index contributed by atoms with van der Waals surface area (Å²) < 4.78 is 0. The number of hydrogen-bond donors (Lipinski definition) is 1. The van der Waals surface area contributed by atoms with E-state index in [1.807, 2.05) is 51.1 Å². The van der Waals surface area contributed by atoms with Gasteiger partial charge in [-0.05, 0) is 50.6 Å². The van der Waals surface area contributed by atoms with Crippen LogP contribution in [-0.4, -0.2) is 16.9 Å². The van der Waals surface area contributed by atoms with Crippen LogP contribution in [0, 0.1) is 6.92 Å². The van der Waals surface area contributed by atoms with Gasteiger partial charge in [-0.2, -0.15) is 0 Å². The minimum atomic E-state index is -0.0176. The van der Waals surface area contributed by atoms with Crippen LogP contribution in [0.15, 0.2) is 42.6 Å². The summed E-state index contributed by atoms with van der Waals surface area (Å²) in [7, 11) is 0. The highest BCUT2D eigenvalue weighted by Crippen LogP contribution is 2.21. The number of carbonyl (C=O) groups is 1. The van der Waals surface area contributed by atoms with E-state index in [4.69, 9.17) is 5.73 Å². The highest BCUT2D eigenvalue weighted by molar-refractivity contribution is 6.06. The molecule has 21 heavy (non-hydrogen) atoms. The van der Waals surface area contributed by atoms with Gasteiger partial charge in [-0.1, -0.05) is 12.1 Å². The van der Waals surface area contributed by atoms with Gasteiger partial charge in [0.15, 0.2) is 0 Å². The zero-order chi connectivity index (χ0) is 15.4. The van der Waals surface area contributed by atoms with Crippen molar-refractivity contribution in [2.75, 3.05) is 4.90 Å². The molecule has 0 aliphatic heterocycles. The molecule has 0 bridgehead atoms. The number of pyridine rings is 1. The van der Waals surface area contributed by atoms with Crippen molar-refractivity contribution in [1.29, 1.82) is 0 Å². The smallest absolute Gasteiger partial charge is 0.258 e. The average Bonchev–Trinajstić information content (AvgIpc) is 2.47. The van der Waals surface area contributed by atoms with Crippen LogP contribution in [0.1, 0.15) is 35.5 Å². The van der Waals surface area contributed by atoms with Crippen LogP contribution in [0.3, 0.4) is 0 Å². The number of hydrogen-bond acceptors (Lipinski definition) is 3. The van der Waals surface area contributed by atoms with Gasteiger partial charge < -0.3 is 10.6 Å². The summed E-state index contributed by atoms with van der Waals surface area (Å²) in [6, 6.07) is 11.4. The lowest BCUT2D eigenvalue weighted by Crippen LogP contribution is -2.37. The molecule has 0 spiro atoms. The Labute approximate surface area is 125 Å². The molecule has 110 valence electrons. The van der Waals surface area contributed by atoms with Gasteiger partial charge in [-0.25, -0.2) is 0 Å². The number of anilines is 1. The van der Waals surface area contributed by atoms with E-state index in [9.17, 15) is 4.79 Å². The van der Waals surface area contributed by atoms with Crippen molar-refractivity contribution in [3.05, 3.63) is 59.4 Å². The average molecular weight is 283 g/mol. The number of rotatable bonds is 4. The zero-order valence-electron chi connectivity index (χ0n) is 12.7. The lowest BCUT2D eigenvalue weighted by molar-refractivity contribution is 0.0980. The van der Waals surface area contributed by atoms with Crippen molar-refractivity contribution in [2.45, 2.75) is 33.4 Å². The van der Waals surface area contributed by atoms with E-state index in [0.717, 1.165) is 16.9 Å². The Morgan fingerprint density at radius 2 is 1.90 bits per heavy atom. The van der Waals surface area contributed by atoms with E-state index < -0.39 is 0 Å². The first-order valence-electron chi connectivity index (χ1n) is 7.08. The van der Waals surface area contributed by atoms with Crippen molar-refractivity contribution in [3.8, 4) is 0 Å². The summed E-state index contributed by atoms with van der Waals surface area (Å²) in [5, 5.41) is 0. The van der Waals surface area contributed by atoms with Crippen LogP contribution < -0.4 is 10.6 Å². The van der Waals surface area contributed by atoms with Gasteiger partial charge in [0.2, 0.25) is 0 Å². The van der Waals surface area contributed by atoms with E-state index in [1.54, 1.807) is 17.2 Å². The Balaban J connectivity index is 2.36. The molecular weight excluding hydrogens is 262 g/mol. The molecule has 1 amide bonds. The molecule has 0 saturated heterocycles. The van der Waals surface area contributed by atoms with Crippen LogP contribution in [-0.2, 0) is 6.54 Å². The highest BCUT2D eigenvalue weighted by atomic mass is 16.2. The highest BCUT2D eigenvalue weighted by Gasteiger charge is 2.20. The summed E-state index contributed by atoms with van der Waals surface area (Å²) in [4.78, 5) is 18.7. The maximum atomic E-state index is 12.8. The topological polar surface area (TPSA) is 59.2 Å². The Hall–Kier alpha value is -2.20. The number of aromatic nitrogens is 1. The number of nitrogens with zero attached hydrogens (tertiary/aromatic N) is 2. The standard InChI is InChI=1S/C17H21N3O/c1-12(2)20(16-6-4-14(11-18)5-7-16)17(21)15-8-9-19-13(3)10-15/h4-10,12H,11,18H2,1-3H3. The van der Waals surface area contributed by atoms with Gasteiger partial charge >= 0.3 is 0 Å². The third-order valence-corrected chi connectivity index (χ3v) is 3.33. The minimum Gasteiger partial charge on any atom is -0.326 e. The molecule has 0 saturated carbocycles. The molecule has 0 aliphatic carbocycles. The first-order chi connectivity index (χ1) is 10.0. The fourth-order valence-electron chi connectivity index (χ4n) is 2.26. The first kappa shape index (κ1) is 15.2. The lowest BCUT2D eigenvalue weighted by atomic mass is 10.1. The van der Waals surface area contributed by atoms with E-state index in [0.29, 0.717) is 12.1 Å². The van der Waals surface area contributed by atoms with Crippen LogP contribution in [0.4, 0.5) is 5.69 Å². The predicted molar refractivity (Wildman–Crippen MR) is 85.3 cm³/mol. The van der Waals surface area contributed by atoms with Crippen molar-refractivity contribution < 1.29 is 4.79 Å². The van der Waals surface area contributed by atoms with E-state index >= 15 is 0 Å². The second-order valence-corrected chi connectivity index (χ2v) is 5.33. The molecule has 1 heterocycles. The van der Waals surface area contributed by atoms with Gasteiger partial charge in [0.05, 0.1) is 0 Å². The molecule has 0 fully saturated rings. The van der Waals surface area contributed by atoms with Crippen molar-refractivity contribution in [2.24, 2.45) is 5.73 Å². The van der Waals surface area contributed by atoms with Gasteiger partial charge in [-0.15, -0.1) is 0 Å². The second kappa shape index (κ2) is 6.50. The molecule has 0 aliphatic rings. The van der Waals surface area contributed by atoms with Crippen molar-refractivity contribution >= 4 is 11.6 Å². The number of benzene rings is 1. The zero-order valence-corrected chi connectivity index (χ0v) is 12.7. The van der Waals surface area contributed by atoms with Gasteiger partial charge in [0, 0.05) is 35.7 Å². The molecule has 1 aromatic heterocycles. The fraction of sp³-hybridized carbons (Fsp3) is 0.294. The fourth-order valence-corrected chi connectivity index (χ4v) is 2.26. The predicted octanol–water partition coefficient (Wildman–Crippen LogP) is 2.90. The number of nitrogens with two attached hydrogens (primary N) is 1. The molecule has 0 unspecified atom stereocenters. The molecule has 0 atom stereocenters. The Kier molecular flexibility index (Phi) is 4.70. The van der Waals surface area contributed by atoms with Crippen LogP contribution >= 0.6 is 0 Å². The number of carbonyl (C=O) groups excluding carboxylic acids is 1. The lowest BCUT2D eigenvalue weighted by Gasteiger charge is -2.27. The third kappa shape index (κ3) is 3.47. The summed E-state index contributed by atoms with van der Waals surface area (Å²) in [6.45, 7) is 6.39. The monoisotopic (exact) mass is 283 g/mol. The maximum Gasteiger partial charge on any atom is 0.258 e. The SMILES string of the molecule is Cc1cc(C(=O)N(c2ccc(CN)cc2)C(C)C)ccn1. The Bertz CT molecular complexity index is 620. The van der Waals surface area contributed by atoms with Crippen molar-refractivity contribution in [1.82, 2.24) is 4.98 Å². The minimum absolute atomic E-state index is 0.0176. The summed E-state index contributed by atoms with van der Waals surface area (Å²) in [5.74, 6) is -0.0176. The molecule has 1 aromatic carbocycles. The Morgan fingerprint density at radius 3 is 2.43 bits per heavy atom. The maximum absolute atomic E-state index is 12.8. The van der Waals surface area contributed by atoms with Crippen LogP contribution in [0.25, 0.3) is 0 Å². The molecule has 2 N–H and O–H groups in total. The largest absolute Gasteiger partial charge is 0.326 e. The molecule has 4 heteroatoms. The normalized spacial score (nSPS) is 10.7. The molecule has 2 rings (SSSR count). The molecule has 2 aromatic rings. The van der Waals surface area contributed by atoms with E-state index in [-0.39, 0.29) is 11.9 Å².